The van der Waals surface area contributed by atoms with Crippen LogP contribution in [-0.2, 0) is 15.7 Å². The van der Waals surface area contributed by atoms with Crippen LogP contribution in [0.2, 0.25) is 0 Å². The molecule has 1 atom stereocenters. The normalized spacial score (nSPS) is 21.6. The highest BCUT2D eigenvalue weighted by Gasteiger charge is 2.34. The van der Waals surface area contributed by atoms with E-state index in [0.29, 0.717) is 45.7 Å². The van der Waals surface area contributed by atoms with E-state index in [1.54, 1.807) is 4.90 Å². The molecule has 0 N–H and O–H groups in total. The van der Waals surface area contributed by atoms with E-state index in [9.17, 15) is 22.8 Å². The summed E-state index contributed by atoms with van der Waals surface area (Å²) in [5.41, 5.74) is -0.939. The average molecular weight is 371 g/mol. The van der Waals surface area contributed by atoms with E-state index < -0.39 is 17.8 Å². The molecular weight excluding hydrogens is 351 g/mol. The standard InChI is InChI=1S/C17H20F3N3O3/c18-17(19,20)14-4-3-12(10-21-14)15(24)23-5-1-2-13(11-23)16(25)22-6-8-26-9-7-22/h3-4,10,13H,1-2,5-9,11H2. The first-order valence-corrected chi connectivity index (χ1v) is 8.55. The average Bonchev–Trinajstić information content (AvgIpc) is 2.67. The number of likely N-dealkylation sites (tertiary alicyclic amines) is 1. The predicted molar refractivity (Wildman–Crippen MR) is 85.3 cm³/mol. The smallest absolute Gasteiger partial charge is 0.378 e. The van der Waals surface area contributed by atoms with Crippen molar-refractivity contribution in [3.63, 3.8) is 0 Å². The SMILES string of the molecule is O=C(c1ccc(C(F)(F)F)nc1)N1CCCC(C(=O)N2CCOCC2)C1. The van der Waals surface area contributed by atoms with Gasteiger partial charge in [0.1, 0.15) is 5.69 Å². The lowest BCUT2D eigenvalue weighted by Crippen LogP contribution is -2.49. The van der Waals surface area contributed by atoms with Crippen LogP contribution in [0.15, 0.2) is 18.3 Å². The molecule has 0 spiro atoms. The van der Waals surface area contributed by atoms with Gasteiger partial charge >= 0.3 is 6.18 Å². The molecule has 3 rings (SSSR count). The highest BCUT2D eigenvalue weighted by atomic mass is 19.4. The molecule has 0 aliphatic carbocycles. The lowest BCUT2D eigenvalue weighted by molar-refractivity contribution is -0.142. The minimum Gasteiger partial charge on any atom is -0.378 e. The number of piperidine rings is 1. The van der Waals surface area contributed by atoms with Crippen molar-refractivity contribution in [2.45, 2.75) is 19.0 Å². The Bertz CT molecular complexity index is 657. The van der Waals surface area contributed by atoms with E-state index in [1.807, 2.05) is 0 Å². The maximum absolute atomic E-state index is 12.6. The lowest BCUT2D eigenvalue weighted by Gasteiger charge is -2.36. The van der Waals surface area contributed by atoms with E-state index in [-0.39, 0.29) is 23.9 Å². The molecule has 142 valence electrons. The van der Waals surface area contributed by atoms with Crippen LogP contribution in [0.4, 0.5) is 13.2 Å². The monoisotopic (exact) mass is 371 g/mol. The van der Waals surface area contributed by atoms with Crippen molar-refractivity contribution in [2.75, 3.05) is 39.4 Å². The molecule has 2 aliphatic rings. The van der Waals surface area contributed by atoms with Gasteiger partial charge in [0.25, 0.3) is 5.91 Å². The number of carbonyl (C=O) groups is 2. The number of ether oxygens (including phenoxy) is 1. The Hall–Kier alpha value is -2.16. The number of pyridine rings is 1. The molecule has 0 bridgehead atoms. The number of rotatable bonds is 2. The Morgan fingerprint density at radius 2 is 1.85 bits per heavy atom. The van der Waals surface area contributed by atoms with Gasteiger partial charge in [-0.1, -0.05) is 0 Å². The van der Waals surface area contributed by atoms with Crippen LogP contribution in [0.3, 0.4) is 0 Å². The summed E-state index contributed by atoms with van der Waals surface area (Å²) in [6.07, 6.45) is -2.22. The van der Waals surface area contributed by atoms with Gasteiger partial charge in [-0.05, 0) is 25.0 Å². The highest BCUT2D eigenvalue weighted by Crippen LogP contribution is 2.27. The number of morpholine rings is 1. The number of halogens is 3. The number of alkyl halides is 3. The molecule has 2 aliphatic heterocycles. The van der Waals surface area contributed by atoms with E-state index in [1.165, 1.54) is 4.90 Å². The molecule has 26 heavy (non-hydrogen) atoms. The molecule has 2 fully saturated rings. The van der Waals surface area contributed by atoms with E-state index >= 15 is 0 Å². The Kier molecular flexibility index (Phi) is 5.45. The third-order valence-electron chi connectivity index (χ3n) is 4.68. The van der Waals surface area contributed by atoms with Crippen molar-refractivity contribution in [1.82, 2.24) is 14.8 Å². The summed E-state index contributed by atoms with van der Waals surface area (Å²) in [4.78, 5) is 31.8. The highest BCUT2D eigenvalue weighted by molar-refractivity contribution is 5.94. The van der Waals surface area contributed by atoms with Crippen LogP contribution in [-0.4, -0.2) is 66.0 Å². The minimum atomic E-state index is -4.54. The van der Waals surface area contributed by atoms with Gasteiger partial charge in [-0.25, -0.2) is 0 Å². The van der Waals surface area contributed by atoms with Gasteiger partial charge in [-0.3, -0.25) is 14.6 Å². The van der Waals surface area contributed by atoms with Gasteiger partial charge in [0.05, 0.1) is 24.7 Å². The molecule has 0 aromatic carbocycles. The zero-order valence-electron chi connectivity index (χ0n) is 14.2. The maximum atomic E-state index is 12.6. The first-order chi connectivity index (χ1) is 12.4. The molecule has 0 saturated carbocycles. The second-order valence-electron chi connectivity index (χ2n) is 6.46. The third kappa shape index (κ3) is 4.14. The predicted octanol–water partition coefficient (Wildman–Crippen LogP) is 1.81. The largest absolute Gasteiger partial charge is 0.433 e. The van der Waals surface area contributed by atoms with Crippen molar-refractivity contribution in [3.8, 4) is 0 Å². The summed E-state index contributed by atoms with van der Waals surface area (Å²) in [7, 11) is 0. The quantitative estimate of drug-likeness (QED) is 0.796. The van der Waals surface area contributed by atoms with Gasteiger partial charge < -0.3 is 14.5 Å². The first-order valence-electron chi connectivity index (χ1n) is 8.55. The van der Waals surface area contributed by atoms with Crippen LogP contribution >= 0.6 is 0 Å². The summed E-state index contributed by atoms with van der Waals surface area (Å²) >= 11 is 0. The van der Waals surface area contributed by atoms with E-state index in [4.69, 9.17) is 4.74 Å². The fraction of sp³-hybridized carbons (Fsp3) is 0.588. The zero-order valence-corrected chi connectivity index (χ0v) is 14.2. The number of hydrogen-bond donors (Lipinski definition) is 0. The second-order valence-corrected chi connectivity index (χ2v) is 6.46. The van der Waals surface area contributed by atoms with Gasteiger partial charge in [-0.2, -0.15) is 13.2 Å². The topological polar surface area (TPSA) is 62.7 Å². The van der Waals surface area contributed by atoms with E-state index in [2.05, 4.69) is 4.98 Å². The number of amides is 2. The molecule has 2 amide bonds. The molecule has 1 unspecified atom stereocenters. The molecule has 9 heteroatoms. The molecule has 1 aromatic heterocycles. The Labute approximate surface area is 148 Å². The molecule has 2 saturated heterocycles. The summed E-state index contributed by atoms with van der Waals surface area (Å²) in [6, 6.07) is 1.93. The minimum absolute atomic E-state index is 0.0105. The zero-order chi connectivity index (χ0) is 18.7. The van der Waals surface area contributed by atoms with Crippen molar-refractivity contribution < 1.29 is 27.5 Å². The van der Waals surface area contributed by atoms with Gasteiger partial charge in [0.15, 0.2) is 0 Å². The third-order valence-corrected chi connectivity index (χ3v) is 4.68. The number of carbonyl (C=O) groups excluding carboxylic acids is 2. The van der Waals surface area contributed by atoms with Gasteiger partial charge in [0.2, 0.25) is 5.91 Å². The molecule has 6 nitrogen and oxygen atoms in total. The number of hydrogen-bond acceptors (Lipinski definition) is 4. The second kappa shape index (κ2) is 7.61. The summed E-state index contributed by atoms with van der Waals surface area (Å²) in [6.45, 7) is 2.87. The van der Waals surface area contributed by atoms with Crippen LogP contribution in [0.25, 0.3) is 0 Å². The summed E-state index contributed by atoms with van der Waals surface area (Å²) in [5, 5.41) is 0. The summed E-state index contributed by atoms with van der Waals surface area (Å²) in [5.74, 6) is -0.671. The summed E-state index contributed by atoms with van der Waals surface area (Å²) < 4.78 is 43.0. The van der Waals surface area contributed by atoms with Crippen molar-refractivity contribution in [2.24, 2.45) is 5.92 Å². The molecular formula is C17H20F3N3O3. The van der Waals surface area contributed by atoms with Crippen LogP contribution in [0.5, 0.6) is 0 Å². The molecule has 3 heterocycles. The Balaban J connectivity index is 1.65. The first kappa shape index (κ1) is 18.6. The van der Waals surface area contributed by atoms with E-state index in [0.717, 1.165) is 18.3 Å². The van der Waals surface area contributed by atoms with Gasteiger partial charge in [-0.15, -0.1) is 0 Å². The number of nitrogens with zero attached hydrogens (tertiary/aromatic N) is 3. The van der Waals surface area contributed by atoms with Crippen molar-refractivity contribution in [1.29, 1.82) is 0 Å². The maximum Gasteiger partial charge on any atom is 0.433 e. The molecule has 1 aromatic rings. The van der Waals surface area contributed by atoms with Crippen LogP contribution < -0.4 is 0 Å². The van der Waals surface area contributed by atoms with Crippen LogP contribution in [0, 0.1) is 5.92 Å². The fourth-order valence-electron chi connectivity index (χ4n) is 3.28. The lowest BCUT2D eigenvalue weighted by atomic mass is 9.95. The van der Waals surface area contributed by atoms with Gasteiger partial charge in [0, 0.05) is 32.4 Å². The fourth-order valence-corrected chi connectivity index (χ4v) is 3.28. The molecule has 0 radical (unpaired) electrons. The van der Waals surface area contributed by atoms with Crippen molar-refractivity contribution in [3.05, 3.63) is 29.6 Å². The number of aromatic nitrogens is 1. The Morgan fingerprint density at radius 1 is 1.12 bits per heavy atom. The Morgan fingerprint density at radius 3 is 2.46 bits per heavy atom. The van der Waals surface area contributed by atoms with Crippen LogP contribution in [0.1, 0.15) is 28.9 Å². The van der Waals surface area contributed by atoms with Crippen molar-refractivity contribution >= 4 is 11.8 Å².